The molecule has 0 amide bonds. The van der Waals surface area contributed by atoms with Gasteiger partial charge < -0.3 is 14.9 Å². The molecular weight excluding hydrogens is 266 g/mol. The molecule has 0 saturated heterocycles. The van der Waals surface area contributed by atoms with Crippen LogP contribution < -0.4 is 4.74 Å². The molecule has 1 aromatic carbocycles. The average Bonchev–Trinajstić information content (AvgIpc) is 2.45. The van der Waals surface area contributed by atoms with Crippen molar-refractivity contribution in [2.45, 2.75) is 51.9 Å². The van der Waals surface area contributed by atoms with E-state index < -0.39 is 11.7 Å². The van der Waals surface area contributed by atoms with Crippen LogP contribution in [0.3, 0.4) is 0 Å². The van der Waals surface area contributed by atoms with Gasteiger partial charge in [-0.3, -0.25) is 4.90 Å². The van der Waals surface area contributed by atoms with E-state index in [-0.39, 0.29) is 12.6 Å². The van der Waals surface area contributed by atoms with Gasteiger partial charge >= 0.3 is 0 Å². The molecule has 0 radical (unpaired) electrons. The van der Waals surface area contributed by atoms with E-state index in [1.807, 2.05) is 39.0 Å². The molecular formula is C17H27NO3. The SMILES string of the molecule is CCc1ccc2c(c1)C(O)C(N(CC)CCO)C(C)(C)O2. The molecule has 118 valence electrons. The summed E-state index contributed by atoms with van der Waals surface area (Å²) in [7, 11) is 0. The van der Waals surface area contributed by atoms with E-state index in [1.165, 1.54) is 5.56 Å². The van der Waals surface area contributed by atoms with Crippen molar-refractivity contribution >= 4 is 0 Å². The molecule has 0 bridgehead atoms. The zero-order valence-electron chi connectivity index (χ0n) is 13.5. The first-order chi connectivity index (χ1) is 9.94. The highest BCUT2D eigenvalue weighted by Crippen LogP contribution is 2.42. The van der Waals surface area contributed by atoms with Gasteiger partial charge in [0.2, 0.25) is 0 Å². The van der Waals surface area contributed by atoms with Gasteiger partial charge in [-0.1, -0.05) is 19.9 Å². The molecule has 21 heavy (non-hydrogen) atoms. The van der Waals surface area contributed by atoms with E-state index >= 15 is 0 Å². The second kappa shape index (κ2) is 6.34. The van der Waals surface area contributed by atoms with Crippen LogP contribution in [0, 0.1) is 0 Å². The summed E-state index contributed by atoms with van der Waals surface area (Å²) in [6, 6.07) is 5.87. The number of aliphatic hydroxyl groups is 2. The second-order valence-electron chi connectivity index (χ2n) is 6.17. The molecule has 4 nitrogen and oxygen atoms in total. The van der Waals surface area contributed by atoms with Crippen LogP contribution in [0.15, 0.2) is 18.2 Å². The fourth-order valence-electron chi connectivity index (χ4n) is 3.30. The Bertz CT molecular complexity index is 487. The number of benzene rings is 1. The Hall–Kier alpha value is -1.10. The Morgan fingerprint density at radius 3 is 2.57 bits per heavy atom. The number of fused-ring (bicyclic) bond motifs is 1. The van der Waals surface area contributed by atoms with Crippen molar-refractivity contribution in [3.63, 3.8) is 0 Å². The third-order valence-electron chi connectivity index (χ3n) is 4.37. The van der Waals surface area contributed by atoms with Crippen molar-refractivity contribution < 1.29 is 14.9 Å². The zero-order valence-corrected chi connectivity index (χ0v) is 13.5. The predicted molar refractivity (Wildman–Crippen MR) is 83.6 cm³/mol. The molecule has 0 aliphatic carbocycles. The normalized spacial score (nSPS) is 23.8. The van der Waals surface area contributed by atoms with E-state index in [4.69, 9.17) is 4.74 Å². The third-order valence-corrected chi connectivity index (χ3v) is 4.37. The molecule has 0 aromatic heterocycles. The molecule has 4 heteroatoms. The van der Waals surface area contributed by atoms with Crippen molar-refractivity contribution in [3.05, 3.63) is 29.3 Å². The van der Waals surface area contributed by atoms with Gasteiger partial charge in [-0.05, 0) is 44.5 Å². The first kappa shape index (κ1) is 16.3. The van der Waals surface area contributed by atoms with Crippen molar-refractivity contribution in [1.82, 2.24) is 4.90 Å². The Balaban J connectivity index is 2.42. The number of nitrogens with zero attached hydrogens (tertiary/aromatic N) is 1. The lowest BCUT2D eigenvalue weighted by molar-refractivity contribution is -0.0841. The molecule has 2 atom stereocenters. The number of hydrogen-bond acceptors (Lipinski definition) is 4. The Kier molecular flexibility index (Phi) is 4.91. The van der Waals surface area contributed by atoms with Gasteiger partial charge in [-0.25, -0.2) is 0 Å². The first-order valence-electron chi connectivity index (χ1n) is 7.79. The summed E-state index contributed by atoms with van der Waals surface area (Å²) in [5.74, 6) is 0.765. The highest BCUT2D eigenvalue weighted by atomic mass is 16.5. The highest BCUT2D eigenvalue weighted by molar-refractivity contribution is 5.42. The van der Waals surface area contributed by atoms with Gasteiger partial charge in [-0.2, -0.15) is 0 Å². The van der Waals surface area contributed by atoms with Gasteiger partial charge in [0.05, 0.1) is 12.6 Å². The number of likely N-dealkylation sites (N-methyl/N-ethyl adjacent to an activating group) is 1. The summed E-state index contributed by atoms with van der Waals surface area (Å²) in [6.45, 7) is 9.51. The highest BCUT2D eigenvalue weighted by Gasteiger charge is 2.45. The van der Waals surface area contributed by atoms with E-state index in [1.54, 1.807) is 0 Å². The lowest BCUT2D eigenvalue weighted by atomic mass is 9.84. The standard InChI is InChI=1S/C17H27NO3/c1-5-12-7-8-14-13(11-12)15(20)16(17(3,4)21-14)18(6-2)9-10-19/h7-8,11,15-16,19-20H,5-6,9-10H2,1-4H3. The Morgan fingerprint density at radius 2 is 2.00 bits per heavy atom. The van der Waals surface area contributed by atoms with E-state index in [2.05, 4.69) is 11.8 Å². The van der Waals surface area contributed by atoms with Crippen LogP contribution in [0.25, 0.3) is 0 Å². The molecule has 0 spiro atoms. The summed E-state index contributed by atoms with van der Waals surface area (Å²) < 4.78 is 6.15. The quantitative estimate of drug-likeness (QED) is 0.873. The summed E-state index contributed by atoms with van der Waals surface area (Å²) >= 11 is 0. The molecule has 2 N–H and O–H groups in total. The van der Waals surface area contributed by atoms with E-state index in [0.717, 1.165) is 24.3 Å². The fourth-order valence-corrected chi connectivity index (χ4v) is 3.30. The van der Waals surface area contributed by atoms with Crippen molar-refractivity contribution in [3.8, 4) is 5.75 Å². The summed E-state index contributed by atoms with van der Waals surface area (Å²) in [5.41, 5.74) is 1.54. The van der Waals surface area contributed by atoms with Gasteiger partial charge in [-0.15, -0.1) is 0 Å². The number of ether oxygens (including phenoxy) is 1. The monoisotopic (exact) mass is 293 g/mol. The van der Waals surface area contributed by atoms with Crippen LogP contribution in [-0.2, 0) is 6.42 Å². The first-order valence-corrected chi connectivity index (χ1v) is 7.79. The fraction of sp³-hybridized carbons (Fsp3) is 0.647. The lowest BCUT2D eigenvalue weighted by Crippen LogP contribution is -2.58. The van der Waals surface area contributed by atoms with Gasteiger partial charge in [0.1, 0.15) is 17.5 Å². The molecule has 1 aromatic rings. The van der Waals surface area contributed by atoms with E-state index in [9.17, 15) is 10.2 Å². The average molecular weight is 293 g/mol. The zero-order chi connectivity index (χ0) is 15.6. The van der Waals surface area contributed by atoms with Crippen LogP contribution in [0.4, 0.5) is 0 Å². The van der Waals surface area contributed by atoms with Crippen LogP contribution in [-0.4, -0.2) is 46.5 Å². The van der Waals surface area contributed by atoms with Gasteiger partial charge in [0, 0.05) is 12.1 Å². The van der Waals surface area contributed by atoms with Gasteiger partial charge in [0.15, 0.2) is 0 Å². The second-order valence-corrected chi connectivity index (χ2v) is 6.17. The van der Waals surface area contributed by atoms with Crippen molar-refractivity contribution in [2.75, 3.05) is 19.7 Å². The number of rotatable bonds is 5. The van der Waals surface area contributed by atoms with Crippen LogP contribution in [0.5, 0.6) is 5.75 Å². The number of hydrogen-bond donors (Lipinski definition) is 2. The maximum atomic E-state index is 10.9. The molecule has 0 saturated carbocycles. The Labute approximate surface area is 127 Å². The maximum Gasteiger partial charge on any atom is 0.126 e. The largest absolute Gasteiger partial charge is 0.486 e. The summed E-state index contributed by atoms with van der Waals surface area (Å²) in [5, 5.41) is 20.2. The molecule has 1 aliphatic heterocycles. The topological polar surface area (TPSA) is 52.9 Å². The molecule has 1 aliphatic rings. The molecule has 1 heterocycles. The number of aryl methyl sites for hydroxylation is 1. The third kappa shape index (κ3) is 3.07. The molecule has 0 fully saturated rings. The van der Waals surface area contributed by atoms with Gasteiger partial charge in [0.25, 0.3) is 0 Å². The minimum atomic E-state index is -0.609. The predicted octanol–water partition coefficient (Wildman–Crippen LogP) is 2.14. The number of aliphatic hydroxyl groups excluding tert-OH is 2. The Morgan fingerprint density at radius 1 is 1.29 bits per heavy atom. The van der Waals surface area contributed by atoms with Crippen LogP contribution in [0.2, 0.25) is 0 Å². The van der Waals surface area contributed by atoms with Crippen LogP contribution >= 0.6 is 0 Å². The van der Waals surface area contributed by atoms with Crippen molar-refractivity contribution in [2.24, 2.45) is 0 Å². The van der Waals surface area contributed by atoms with Crippen LogP contribution in [0.1, 0.15) is 44.9 Å². The smallest absolute Gasteiger partial charge is 0.126 e. The molecule has 2 unspecified atom stereocenters. The maximum absolute atomic E-state index is 10.9. The molecule has 2 rings (SSSR count). The summed E-state index contributed by atoms with van der Waals surface area (Å²) in [6.07, 6.45) is 0.323. The van der Waals surface area contributed by atoms with Crippen molar-refractivity contribution in [1.29, 1.82) is 0 Å². The van der Waals surface area contributed by atoms with E-state index in [0.29, 0.717) is 6.54 Å². The lowest BCUT2D eigenvalue weighted by Gasteiger charge is -2.48. The minimum absolute atomic E-state index is 0.0784. The minimum Gasteiger partial charge on any atom is -0.486 e. The summed E-state index contributed by atoms with van der Waals surface area (Å²) in [4.78, 5) is 2.09.